The number of halogens is 2. The number of nitrogens with one attached hydrogen (secondary N) is 1. The van der Waals surface area contributed by atoms with Gasteiger partial charge in [0.2, 0.25) is 0 Å². The molecule has 0 bridgehead atoms. The third-order valence-corrected chi connectivity index (χ3v) is 6.16. The SMILES string of the molecule is O=S(=O)(NC1=C(c2ccc(F)c(Cl)c2)CCC1)c1ccccc1.c1ccccc1. The first kappa shape index (κ1) is 21.1. The molecule has 0 unspecified atom stereocenters. The Bertz CT molecular complexity index is 1060. The summed E-state index contributed by atoms with van der Waals surface area (Å²) in [6.07, 6.45) is 2.21. The zero-order chi connectivity index (χ0) is 20.7. The van der Waals surface area contributed by atoms with Gasteiger partial charge in [0.1, 0.15) is 5.82 Å². The predicted molar refractivity (Wildman–Crippen MR) is 115 cm³/mol. The molecule has 4 rings (SSSR count). The Kier molecular flexibility index (Phi) is 7.07. The Labute approximate surface area is 175 Å². The molecule has 1 N–H and O–H groups in total. The van der Waals surface area contributed by atoms with Crippen LogP contribution in [0.5, 0.6) is 0 Å². The van der Waals surface area contributed by atoms with Crippen molar-refractivity contribution in [1.29, 1.82) is 0 Å². The van der Waals surface area contributed by atoms with Gasteiger partial charge in [0.15, 0.2) is 0 Å². The van der Waals surface area contributed by atoms with Gasteiger partial charge in [-0.1, -0.05) is 72.3 Å². The van der Waals surface area contributed by atoms with Crippen LogP contribution < -0.4 is 4.72 Å². The fourth-order valence-corrected chi connectivity index (χ4v) is 4.43. The van der Waals surface area contributed by atoms with Gasteiger partial charge in [-0.05, 0) is 54.7 Å². The summed E-state index contributed by atoms with van der Waals surface area (Å²) in [7, 11) is -3.62. The maximum absolute atomic E-state index is 13.3. The fraction of sp³-hybridized carbons (Fsp3) is 0.130. The van der Waals surface area contributed by atoms with E-state index in [9.17, 15) is 12.8 Å². The minimum atomic E-state index is -3.62. The quantitative estimate of drug-likeness (QED) is 0.549. The van der Waals surface area contributed by atoms with Crippen molar-refractivity contribution in [3.63, 3.8) is 0 Å². The number of rotatable bonds is 4. The van der Waals surface area contributed by atoms with E-state index in [1.54, 1.807) is 36.4 Å². The number of allylic oxidation sites excluding steroid dienone is 2. The monoisotopic (exact) mass is 429 g/mol. The van der Waals surface area contributed by atoms with E-state index >= 15 is 0 Å². The molecule has 0 radical (unpaired) electrons. The van der Waals surface area contributed by atoms with E-state index in [1.165, 1.54) is 12.1 Å². The highest BCUT2D eigenvalue weighted by atomic mass is 35.5. The van der Waals surface area contributed by atoms with Gasteiger partial charge in [-0.15, -0.1) is 0 Å². The number of hydrogen-bond acceptors (Lipinski definition) is 2. The van der Waals surface area contributed by atoms with E-state index in [1.807, 2.05) is 36.4 Å². The van der Waals surface area contributed by atoms with Crippen molar-refractivity contribution in [1.82, 2.24) is 4.72 Å². The van der Waals surface area contributed by atoms with Crippen LogP contribution in [-0.2, 0) is 10.0 Å². The van der Waals surface area contributed by atoms with Crippen LogP contribution >= 0.6 is 11.6 Å². The third kappa shape index (κ3) is 5.68. The maximum atomic E-state index is 13.3. The van der Waals surface area contributed by atoms with Crippen molar-refractivity contribution in [3.05, 3.63) is 107 Å². The Morgan fingerprint density at radius 3 is 2.00 bits per heavy atom. The highest BCUT2D eigenvalue weighted by Gasteiger charge is 2.22. The van der Waals surface area contributed by atoms with Crippen LogP contribution in [0.15, 0.2) is 95.5 Å². The fourth-order valence-electron chi connectivity index (χ4n) is 3.06. The summed E-state index contributed by atoms with van der Waals surface area (Å²) in [6, 6.07) is 24.7. The van der Waals surface area contributed by atoms with Crippen LogP contribution in [0.25, 0.3) is 5.57 Å². The Morgan fingerprint density at radius 2 is 1.41 bits per heavy atom. The minimum absolute atomic E-state index is 0.0344. The number of benzene rings is 3. The van der Waals surface area contributed by atoms with E-state index in [0.29, 0.717) is 12.1 Å². The van der Waals surface area contributed by atoms with Crippen LogP contribution in [0.4, 0.5) is 4.39 Å². The lowest BCUT2D eigenvalue weighted by molar-refractivity contribution is 0.587. The normalized spacial score (nSPS) is 13.6. The van der Waals surface area contributed by atoms with E-state index in [0.717, 1.165) is 24.0 Å². The molecule has 150 valence electrons. The van der Waals surface area contributed by atoms with Crippen molar-refractivity contribution in [2.75, 3.05) is 0 Å². The first-order valence-corrected chi connectivity index (χ1v) is 11.1. The second-order valence-corrected chi connectivity index (χ2v) is 8.60. The standard InChI is InChI=1S/C17H15ClFNO2S.C6H6/c18-15-11-12(9-10-16(15)19)14-7-4-8-17(14)20-23(21,22)13-5-2-1-3-6-13;1-2-4-6-5-3-1/h1-3,5-6,9-11,20H,4,7-8H2;1-6H. The lowest BCUT2D eigenvalue weighted by Gasteiger charge is -2.12. The van der Waals surface area contributed by atoms with E-state index in [-0.39, 0.29) is 9.92 Å². The summed E-state index contributed by atoms with van der Waals surface area (Å²) in [5, 5.41) is 0.0344. The molecule has 3 aromatic carbocycles. The van der Waals surface area contributed by atoms with Crippen molar-refractivity contribution in [3.8, 4) is 0 Å². The van der Waals surface area contributed by atoms with E-state index < -0.39 is 15.8 Å². The van der Waals surface area contributed by atoms with Gasteiger partial charge in [0, 0.05) is 5.70 Å². The summed E-state index contributed by atoms with van der Waals surface area (Å²) in [4.78, 5) is 0.218. The molecule has 0 atom stereocenters. The highest BCUT2D eigenvalue weighted by molar-refractivity contribution is 7.89. The van der Waals surface area contributed by atoms with Crippen molar-refractivity contribution >= 4 is 27.2 Å². The van der Waals surface area contributed by atoms with E-state index in [4.69, 9.17) is 11.6 Å². The molecular weight excluding hydrogens is 409 g/mol. The summed E-state index contributed by atoms with van der Waals surface area (Å²) >= 11 is 5.83. The predicted octanol–water partition coefficient (Wildman–Crippen LogP) is 6.04. The molecule has 0 aliphatic heterocycles. The third-order valence-electron chi connectivity index (χ3n) is 4.46. The van der Waals surface area contributed by atoms with Gasteiger partial charge in [0.25, 0.3) is 10.0 Å². The molecule has 1 aliphatic carbocycles. The largest absolute Gasteiger partial charge is 0.283 e. The van der Waals surface area contributed by atoms with E-state index in [2.05, 4.69) is 4.72 Å². The Balaban J connectivity index is 0.000000343. The average Bonchev–Trinajstić information content (AvgIpc) is 3.20. The lowest BCUT2D eigenvalue weighted by atomic mass is 10.0. The molecule has 0 saturated carbocycles. The smallest absolute Gasteiger partial charge is 0.261 e. The molecule has 6 heteroatoms. The molecule has 3 aromatic rings. The molecule has 0 fully saturated rings. The number of hydrogen-bond donors (Lipinski definition) is 1. The Morgan fingerprint density at radius 1 is 0.828 bits per heavy atom. The molecule has 29 heavy (non-hydrogen) atoms. The maximum Gasteiger partial charge on any atom is 0.261 e. The molecule has 0 saturated heterocycles. The molecule has 0 aromatic heterocycles. The second-order valence-electron chi connectivity index (χ2n) is 6.51. The first-order chi connectivity index (χ1) is 14.0. The van der Waals surface area contributed by atoms with Gasteiger partial charge < -0.3 is 0 Å². The molecule has 3 nitrogen and oxygen atoms in total. The summed E-state index contributed by atoms with van der Waals surface area (Å²) in [6.45, 7) is 0. The van der Waals surface area contributed by atoms with Gasteiger partial charge in [-0.25, -0.2) is 12.8 Å². The van der Waals surface area contributed by atoms with Gasteiger partial charge in [0.05, 0.1) is 9.92 Å². The topological polar surface area (TPSA) is 46.2 Å². The van der Waals surface area contributed by atoms with Gasteiger partial charge >= 0.3 is 0 Å². The van der Waals surface area contributed by atoms with Crippen LogP contribution in [0.2, 0.25) is 5.02 Å². The zero-order valence-electron chi connectivity index (χ0n) is 15.7. The molecule has 0 spiro atoms. The minimum Gasteiger partial charge on any atom is -0.283 e. The molecular formula is C23H21ClFNO2S. The van der Waals surface area contributed by atoms with Crippen molar-refractivity contribution < 1.29 is 12.8 Å². The highest BCUT2D eigenvalue weighted by Crippen LogP contribution is 2.34. The zero-order valence-corrected chi connectivity index (χ0v) is 17.3. The summed E-state index contributed by atoms with van der Waals surface area (Å²) < 4.78 is 40.9. The summed E-state index contributed by atoms with van der Waals surface area (Å²) in [5.74, 6) is -0.486. The Hall–Kier alpha value is -2.63. The van der Waals surface area contributed by atoms with Crippen molar-refractivity contribution in [2.45, 2.75) is 24.2 Å². The molecule has 0 amide bonds. The van der Waals surface area contributed by atoms with Crippen LogP contribution in [0.3, 0.4) is 0 Å². The molecule has 0 heterocycles. The summed E-state index contributed by atoms with van der Waals surface area (Å²) in [5.41, 5.74) is 2.27. The molecule has 1 aliphatic rings. The first-order valence-electron chi connectivity index (χ1n) is 9.23. The van der Waals surface area contributed by atoms with Crippen LogP contribution in [0, 0.1) is 5.82 Å². The van der Waals surface area contributed by atoms with Crippen LogP contribution in [-0.4, -0.2) is 8.42 Å². The van der Waals surface area contributed by atoms with Gasteiger partial charge in [-0.3, -0.25) is 4.72 Å². The second kappa shape index (κ2) is 9.72. The number of sulfonamides is 1. The lowest BCUT2D eigenvalue weighted by Crippen LogP contribution is -2.23. The van der Waals surface area contributed by atoms with Gasteiger partial charge in [-0.2, -0.15) is 0 Å². The van der Waals surface area contributed by atoms with Crippen molar-refractivity contribution in [2.24, 2.45) is 0 Å². The average molecular weight is 430 g/mol. The van der Waals surface area contributed by atoms with Crippen LogP contribution in [0.1, 0.15) is 24.8 Å².